The highest BCUT2D eigenvalue weighted by molar-refractivity contribution is 7.89. The van der Waals surface area contributed by atoms with Gasteiger partial charge >= 0.3 is 0 Å². The second-order valence-electron chi connectivity index (χ2n) is 10.9. The maximum absolute atomic E-state index is 13.8. The van der Waals surface area contributed by atoms with E-state index in [9.17, 15) is 18.0 Å². The number of nitrogens with zero attached hydrogens (tertiary/aromatic N) is 4. The number of morpholine rings is 1. The Morgan fingerprint density at radius 2 is 1.98 bits per heavy atom. The molecule has 0 radical (unpaired) electrons. The number of hydrogen-bond donors (Lipinski definition) is 4. The molecule has 224 valence electrons. The summed E-state index contributed by atoms with van der Waals surface area (Å²) in [5, 5.41) is 12.1. The van der Waals surface area contributed by atoms with Gasteiger partial charge in [0.05, 0.1) is 24.9 Å². The topological polar surface area (TPSA) is 178 Å². The molecule has 5 heterocycles. The molecule has 3 aliphatic rings. The lowest BCUT2D eigenvalue weighted by Crippen LogP contribution is -2.58. The summed E-state index contributed by atoms with van der Waals surface area (Å²) in [6.07, 6.45) is 0.735. The van der Waals surface area contributed by atoms with E-state index >= 15 is 0 Å². The van der Waals surface area contributed by atoms with E-state index in [-0.39, 0.29) is 54.8 Å². The fourth-order valence-corrected chi connectivity index (χ4v) is 8.18. The Bertz CT molecular complexity index is 1640. The summed E-state index contributed by atoms with van der Waals surface area (Å²) in [5.74, 6) is -0.531. The highest BCUT2D eigenvalue weighted by atomic mass is 32.2. The second-order valence-corrected chi connectivity index (χ2v) is 13.9. The Morgan fingerprint density at radius 3 is 2.74 bits per heavy atom. The van der Waals surface area contributed by atoms with E-state index in [4.69, 9.17) is 15.9 Å². The van der Waals surface area contributed by atoms with Crippen LogP contribution in [0.3, 0.4) is 0 Å². The normalized spacial score (nSPS) is 21.8. The molecule has 42 heavy (non-hydrogen) atoms. The Labute approximate surface area is 247 Å². The molecule has 13 nitrogen and oxygen atoms in total. The molecule has 2 fully saturated rings. The molecule has 1 aromatic carbocycles. The van der Waals surface area contributed by atoms with Crippen LogP contribution in [0.25, 0.3) is 10.9 Å². The second kappa shape index (κ2) is 11.4. The molecule has 0 saturated carbocycles. The third kappa shape index (κ3) is 5.54. The quantitative estimate of drug-likeness (QED) is 0.232. The van der Waals surface area contributed by atoms with Crippen molar-refractivity contribution in [3.63, 3.8) is 0 Å². The summed E-state index contributed by atoms with van der Waals surface area (Å²) in [7, 11) is -3.98. The number of piperazine rings is 1. The number of carbonyl (C=O) groups is 2. The first kappa shape index (κ1) is 28.7. The van der Waals surface area contributed by atoms with E-state index in [1.54, 1.807) is 34.1 Å². The zero-order valence-corrected chi connectivity index (χ0v) is 24.9. The van der Waals surface area contributed by atoms with E-state index in [1.807, 2.05) is 0 Å². The molecule has 2 amide bonds. The lowest BCUT2D eigenvalue weighted by atomic mass is 10.1. The van der Waals surface area contributed by atoms with Crippen molar-refractivity contribution in [3.05, 3.63) is 45.4 Å². The molecule has 15 heteroatoms. The smallest absolute Gasteiger partial charge is 0.283 e. The van der Waals surface area contributed by atoms with E-state index in [2.05, 4.69) is 22.2 Å². The Balaban J connectivity index is 1.27. The van der Waals surface area contributed by atoms with Gasteiger partial charge in [-0.05, 0) is 19.1 Å². The maximum Gasteiger partial charge on any atom is 0.283 e. The first-order chi connectivity index (χ1) is 20.1. The number of hydrogen-bond acceptors (Lipinski definition) is 9. The molecular formula is C27H34N8O5S2. The van der Waals surface area contributed by atoms with Crippen LogP contribution in [0, 0.1) is 5.41 Å². The number of carbonyl (C=O) groups excluding carboxylic acids is 2. The van der Waals surface area contributed by atoms with Crippen LogP contribution >= 0.6 is 11.3 Å². The van der Waals surface area contributed by atoms with Crippen LogP contribution in [0.5, 0.6) is 0 Å². The predicted octanol–water partition coefficient (Wildman–Crippen LogP) is 0.707. The summed E-state index contributed by atoms with van der Waals surface area (Å²) >= 11 is 1.36. The molecule has 2 unspecified atom stereocenters. The van der Waals surface area contributed by atoms with E-state index in [0.29, 0.717) is 54.3 Å². The number of H-pyrrole nitrogens is 1. The van der Waals surface area contributed by atoms with Gasteiger partial charge in [-0.15, -0.1) is 11.3 Å². The van der Waals surface area contributed by atoms with Gasteiger partial charge in [-0.2, -0.15) is 4.31 Å². The van der Waals surface area contributed by atoms with Crippen LogP contribution in [0.4, 0.5) is 0 Å². The third-order valence-corrected chi connectivity index (χ3v) is 11.0. The number of nitrogen functional groups attached to an aromatic ring is 1. The molecule has 2 saturated heterocycles. The van der Waals surface area contributed by atoms with Gasteiger partial charge in [-0.3, -0.25) is 15.0 Å². The molecule has 5 N–H and O–H groups in total. The lowest BCUT2D eigenvalue weighted by molar-refractivity contribution is -0.136. The Morgan fingerprint density at radius 1 is 1.19 bits per heavy atom. The SMILES string of the molecule is CC1Cc2nc(C(=O)N3CCN(S(=O)(=O)c4cc5ccc(C(=N)N)cc5[nH]4)CC3CC(=O)N3CCOCC3)sc2CN1. The molecule has 3 aromatic rings. The fraction of sp³-hybridized carbons (Fsp3) is 0.481. The predicted molar refractivity (Wildman–Crippen MR) is 157 cm³/mol. The first-order valence-corrected chi connectivity index (χ1v) is 16.2. The van der Waals surface area contributed by atoms with Crippen LogP contribution in [-0.2, 0) is 32.5 Å². The number of nitrogens with two attached hydrogens (primary N) is 1. The average Bonchev–Trinajstić information content (AvgIpc) is 3.61. The average molecular weight is 615 g/mol. The summed E-state index contributed by atoms with van der Waals surface area (Å²) < 4.78 is 34.3. The monoisotopic (exact) mass is 614 g/mol. The minimum Gasteiger partial charge on any atom is -0.384 e. The highest BCUT2D eigenvalue weighted by Gasteiger charge is 2.40. The van der Waals surface area contributed by atoms with Gasteiger partial charge in [-0.1, -0.05) is 12.1 Å². The van der Waals surface area contributed by atoms with Crippen LogP contribution in [0.1, 0.15) is 39.3 Å². The van der Waals surface area contributed by atoms with E-state index in [1.165, 1.54) is 15.6 Å². The van der Waals surface area contributed by atoms with Gasteiger partial charge in [0.25, 0.3) is 15.9 Å². The third-order valence-electron chi connectivity index (χ3n) is 8.08. The van der Waals surface area contributed by atoms with Gasteiger partial charge in [-0.25, -0.2) is 13.4 Å². The van der Waals surface area contributed by atoms with Gasteiger partial charge < -0.3 is 30.6 Å². The number of benzene rings is 1. The summed E-state index contributed by atoms with van der Waals surface area (Å²) in [5.41, 5.74) is 7.55. The number of ether oxygens (including phenoxy) is 1. The first-order valence-electron chi connectivity index (χ1n) is 14.0. The number of amides is 2. The van der Waals surface area contributed by atoms with Gasteiger partial charge in [0.15, 0.2) is 5.01 Å². The fourth-order valence-electron chi connectivity index (χ4n) is 5.70. The van der Waals surface area contributed by atoms with Gasteiger partial charge in [0, 0.05) is 79.5 Å². The number of fused-ring (bicyclic) bond motifs is 2. The minimum absolute atomic E-state index is 0.00386. The molecule has 6 rings (SSSR count). The van der Waals surface area contributed by atoms with Crippen molar-refractivity contribution in [2.75, 3.05) is 45.9 Å². The van der Waals surface area contributed by atoms with Crippen molar-refractivity contribution >= 4 is 49.9 Å². The largest absolute Gasteiger partial charge is 0.384 e. The standard InChI is InChI=1S/C27H34N8O5S2/c1-16-10-21-22(14-30-16)41-26(32-21)27(37)35-5-4-34(15-19(35)13-24(36)33-6-8-40-9-7-33)42(38,39)23-12-17-2-3-18(25(28)29)11-20(17)31-23/h2-3,11-12,16,19,30-31H,4-10,13-15H2,1H3,(H3,28,29). The molecular weight excluding hydrogens is 580 g/mol. The number of rotatable bonds is 6. The van der Waals surface area contributed by atoms with E-state index < -0.39 is 16.1 Å². The minimum atomic E-state index is -3.98. The van der Waals surface area contributed by atoms with Crippen molar-refractivity contribution in [3.8, 4) is 0 Å². The number of thiazole rings is 1. The maximum atomic E-state index is 13.8. The number of nitrogens with one attached hydrogen (secondary N) is 3. The van der Waals surface area contributed by atoms with Gasteiger partial charge in [0.2, 0.25) is 5.91 Å². The van der Waals surface area contributed by atoms with Crippen molar-refractivity contribution < 1.29 is 22.7 Å². The summed E-state index contributed by atoms with van der Waals surface area (Å²) in [6, 6.07) is 6.18. The van der Waals surface area contributed by atoms with Crippen molar-refractivity contribution in [2.24, 2.45) is 5.73 Å². The Hall–Kier alpha value is -3.37. The molecule has 2 atom stereocenters. The summed E-state index contributed by atoms with van der Waals surface area (Å²) in [6.45, 7) is 4.73. The van der Waals surface area contributed by atoms with Crippen LogP contribution in [-0.4, -0.2) is 108 Å². The van der Waals surface area contributed by atoms with Crippen molar-refractivity contribution in [1.29, 1.82) is 5.41 Å². The summed E-state index contributed by atoms with van der Waals surface area (Å²) in [4.78, 5) is 39.1. The molecule has 3 aliphatic heterocycles. The lowest BCUT2D eigenvalue weighted by Gasteiger charge is -2.41. The van der Waals surface area contributed by atoms with Crippen LogP contribution in [0.2, 0.25) is 0 Å². The zero-order chi connectivity index (χ0) is 29.6. The van der Waals surface area contributed by atoms with Crippen LogP contribution in [0.15, 0.2) is 29.3 Å². The highest BCUT2D eigenvalue weighted by Crippen LogP contribution is 2.29. The number of sulfonamides is 1. The van der Waals surface area contributed by atoms with Crippen LogP contribution < -0.4 is 11.1 Å². The number of amidine groups is 1. The van der Waals surface area contributed by atoms with E-state index in [0.717, 1.165) is 17.0 Å². The zero-order valence-electron chi connectivity index (χ0n) is 23.3. The van der Waals surface area contributed by atoms with Crippen molar-refractivity contribution in [2.45, 2.75) is 43.4 Å². The Kier molecular flexibility index (Phi) is 7.78. The number of aromatic amines is 1. The van der Waals surface area contributed by atoms with Gasteiger partial charge in [0.1, 0.15) is 10.9 Å². The van der Waals surface area contributed by atoms with Crippen molar-refractivity contribution in [1.82, 2.24) is 29.4 Å². The molecule has 0 spiro atoms. The molecule has 0 aliphatic carbocycles. The molecule has 0 bridgehead atoms. The number of aromatic nitrogens is 2. The molecule has 2 aromatic heterocycles.